The van der Waals surface area contributed by atoms with E-state index in [0.29, 0.717) is 11.2 Å². The van der Waals surface area contributed by atoms with Crippen molar-refractivity contribution < 1.29 is 9.84 Å². The number of hydrogen-bond acceptors (Lipinski definition) is 4. The first-order chi connectivity index (χ1) is 13.5. The first-order valence-electron chi connectivity index (χ1n) is 9.03. The van der Waals surface area contributed by atoms with E-state index in [1.807, 2.05) is 55.5 Å². The Balaban J connectivity index is 1.64. The highest BCUT2D eigenvalue weighted by Gasteiger charge is 2.13. The molecule has 0 bridgehead atoms. The monoisotopic (exact) mass is 375 g/mol. The Labute approximate surface area is 162 Å². The van der Waals surface area contributed by atoms with Gasteiger partial charge in [0, 0.05) is 18.0 Å². The van der Waals surface area contributed by atoms with Gasteiger partial charge in [-0.15, -0.1) is 0 Å². The standard InChI is InChI=1S/C22H21N3O3/c1-15-3-5-17(6-4-15)21(26)14-24-11-12-25-20(22(24)27)13-19(23-25)16-7-9-18(28-2)10-8-16/h3-13,21,26H,14H2,1-2H3. The van der Waals surface area contributed by atoms with Crippen molar-refractivity contribution in [1.82, 2.24) is 14.2 Å². The zero-order valence-electron chi connectivity index (χ0n) is 15.7. The lowest BCUT2D eigenvalue weighted by molar-refractivity contribution is 0.155. The molecule has 28 heavy (non-hydrogen) atoms. The molecule has 142 valence electrons. The van der Waals surface area contributed by atoms with Gasteiger partial charge in [-0.3, -0.25) is 4.79 Å². The van der Waals surface area contributed by atoms with Crippen LogP contribution in [-0.2, 0) is 6.54 Å². The summed E-state index contributed by atoms with van der Waals surface area (Å²) in [5.41, 5.74) is 3.78. The number of rotatable bonds is 5. The van der Waals surface area contributed by atoms with Crippen LogP contribution in [-0.4, -0.2) is 26.4 Å². The molecule has 1 N–H and O–H groups in total. The summed E-state index contributed by atoms with van der Waals surface area (Å²) < 4.78 is 8.26. The average molecular weight is 375 g/mol. The van der Waals surface area contributed by atoms with Crippen LogP contribution in [0.4, 0.5) is 0 Å². The van der Waals surface area contributed by atoms with Gasteiger partial charge in [0.05, 0.1) is 25.5 Å². The molecule has 0 aliphatic rings. The SMILES string of the molecule is COc1ccc(-c2cc3c(=O)n(CC(O)c4ccc(C)cc4)ccn3n2)cc1. The van der Waals surface area contributed by atoms with E-state index in [-0.39, 0.29) is 12.1 Å². The van der Waals surface area contributed by atoms with Gasteiger partial charge in [-0.05, 0) is 42.8 Å². The number of benzene rings is 2. The second-order valence-corrected chi connectivity index (χ2v) is 6.77. The molecule has 6 nitrogen and oxygen atoms in total. The van der Waals surface area contributed by atoms with E-state index in [2.05, 4.69) is 5.10 Å². The molecule has 4 rings (SSSR count). The van der Waals surface area contributed by atoms with Crippen LogP contribution in [0, 0.1) is 6.92 Å². The summed E-state index contributed by atoms with van der Waals surface area (Å²) in [5.74, 6) is 0.764. The van der Waals surface area contributed by atoms with Crippen LogP contribution >= 0.6 is 0 Å². The third-order valence-corrected chi connectivity index (χ3v) is 4.82. The molecule has 1 unspecified atom stereocenters. The Morgan fingerprint density at radius 1 is 1.07 bits per heavy atom. The van der Waals surface area contributed by atoms with E-state index in [9.17, 15) is 9.90 Å². The van der Waals surface area contributed by atoms with Gasteiger partial charge in [0.25, 0.3) is 5.56 Å². The van der Waals surface area contributed by atoms with E-state index >= 15 is 0 Å². The molecule has 2 heterocycles. The summed E-state index contributed by atoms with van der Waals surface area (Å²) in [4.78, 5) is 12.9. The van der Waals surface area contributed by atoms with Gasteiger partial charge < -0.3 is 14.4 Å². The first-order valence-corrected chi connectivity index (χ1v) is 9.03. The third kappa shape index (κ3) is 3.42. The highest BCUT2D eigenvalue weighted by atomic mass is 16.5. The molecule has 0 amide bonds. The molecule has 0 radical (unpaired) electrons. The van der Waals surface area contributed by atoms with Gasteiger partial charge >= 0.3 is 0 Å². The van der Waals surface area contributed by atoms with Crippen LogP contribution < -0.4 is 10.3 Å². The smallest absolute Gasteiger partial charge is 0.276 e. The zero-order chi connectivity index (χ0) is 19.7. The van der Waals surface area contributed by atoms with Crippen molar-refractivity contribution in [2.24, 2.45) is 0 Å². The Bertz CT molecular complexity index is 1160. The molecule has 1 atom stereocenters. The number of aliphatic hydroxyl groups excluding tert-OH is 1. The number of fused-ring (bicyclic) bond motifs is 1. The summed E-state index contributed by atoms with van der Waals surface area (Å²) in [7, 11) is 1.62. The van der Waals surface area contributed by atoms with E-state index in [4.69, 9.17) is 4.74 Å². The van der Waals surface area contributed by atoms with E-state index in [0.717, 1.165) is 22.4 Å². The van der Waals surface area contributed by atoms with Gasteiger partial charge in [-0.1, -0.05) is 29.8 Å². The number of aryl methyl sites for hydroxylation is 1. The molecule has 0 saturated heterocycles. The first kappa shape index (κ1) is 18.0. The molecule has 0 aliphatic heterocycles. The lowest BCUT2D eigenvalue weighted by Gasteiger charge is -2.13. The Morgan fingerprint density at radius 2 is 1.79 bits per heavy atom. The average Bonchev–Trinajstić information content (AvgIpc) is 3.16. The number of aliphatic hydroxyl groups is 1. The van der Waals surface area contributed by atoms with Crippen molar-refractivity contribution in [2.45, 2.75) is 19.6 Å². The van der Waals surface area contributed by atoms with Crippen LogP contribution in [0.2, 0.25) is 0 Å². The molecule has 4 aromatic rings. The maximum atomic E-state index is 12.9. The summed E-state index contributed by atoms with van der Waals surface area (Å²) in [5, 5.41) is 15.0. The number of hydrogen-bond donors (Lipinski definition) is 1. The zero-order valence-corrected chi connectivity index (χ0v) is 15.7. The normalized spacial score (nSPS) is 12.2. The maximum absolute atomic E-state index is 12.9. The molecule has 0 fully saturated rings. The summed E-state index contributed by atoms with van der Waals surface area (Å²) in [6.45, 7) is 2.18. The summed E-state index contributed by atoms with van der Waals surface area (Å²) >= 11 is 0. The fraction of sp³-hybridized carbons (Fsp3) is 0.182. The summed E-state index contributed by atoms with van der Waals surface area (Å²) in [6, 6.07) is 16.9. The van der Waals surface area contributed by atoms with Crippen LogP contribution in [0.15, 0.2) is 71.8 Å². The molecular formula is C22H21N3O3. The van der Waals surface area contributed by atoms with Gasteiger partial charge in [0.2, 0.25) is 0 Å². The van der Waals surface area contributed by atoms with Gasteiger partial charge in [-0.25, -0.2) is 4.52 Å². The Kier molecular flexibility index (Phi) is 4.71. The van der Waals surface area contributed by atoms with E-state index in [1.54, 1.807) is 30.1 Å². The van der Waals surface area contributed by atoms with Crippen LogP contribution in [0.5, 0.6) is 5.75 Å². The largest absolute Gasteiger partial charge is 0.497 e. The molecule has 0 aliphatic carbocycles. The number of ether oxygens (including phenoxy) is 1. The predicted molar refractivity (Wildman–Crippen MR) is 108 cm³/mol. The lowest BCUT2D eigenvalue weighted by atomic mass is 10.1. The van der Waals surface area contributed by atoms with E-state index < -0.39 is 6.10 Å². The van der Waals surface area contributed by atoms with Crippen LogP contribution in [0.25, 0.3) is 16.8 Å². The Hall–Kier alpha value is -3.38. The number of aromatic nitrogens is 3. The van der Waals surface area contributed by atoms with Crippen LogP contribution in [0.3, 0.4) is 0 Å². The third-order valence-electron chi connectivity index (χ3n) is 4.82. The van der Waals surface area contributed by atoms with Gasteiger partial charge in [-0.2, -0.15) is 5.10 Å². The maximum Gasteiger partial charge on any atom is 0.276 e. The Morgan fingerprint density at radius 3 is 2.46 bits per heavy atom. The minimum atomic E-state index is -0.760. The second-order valence-electron chi connectivity index (χ2n) is 6.77. The quantitative estimate of drug-likeness (QED) is 0.582. The van der Waals surface area contributed by atoms with Crippen molar-refractivity contribution >= 4 is 5.52 Å². The second kappa shape index (κ2) is 7.32. The van der Waals surface area contributed by atoms with Crippen molar-refractivity contribution in [3.05, 3.63) is 88.5 Å². The molecule has 2 aromatic carbocycles. The number of nitrogens with zero attached hydrogens (tertiary/aromatic N) is 3. The van der Waals surface area contributed by atoms with E-state index in [1.165, 1.54) is 4.57 Å². The predicted octanol–water partition coefficient (Wildman–Crippen LogP) is 3.21. The van der Waals surface area contributed by atoms with Crippen molar-refractivity contribution in [3.63, 3.8) is 0 Å². The minimum Gasteiger partial charge on any atom is -0.497 e. The molecular weight excluding hydrogens is 354 g/mol. The summed E-state index contributed by atoms with van der Waals surface area (Å²) in [6.07, 6.45) is 2.62. The topological polar surface area (TPSA) is 68.8 Å². The molecule has 0 saturated carbocycles. The highest BCUT2D eigenvalue weighted by Crippen LogP contribution is 2.22. The van der Waals surface area contributed by atoms with Crippen molar-refractivity contribution in [2.75, 3.05) is 7.11 Å². The minimum absolute atomic E-state index is 0.182. The fourth-order valence-electron chi connectivity index (χ4n) is 3.15. The highest BCUT2D eigenvalue weighted by molar-refractivity contribution is 5.66. The van der Waals surface area contributed by atoms with Gasteiger partial charge in [0.1, 0.15) is 11.3 Å². The lowest BCUT2D eigenvalue weighted by Crippen LogP contribution is -2.24. The molecule has 6 heteroatoms. The molecule has 2 aromatic heterocycles. The molecule has 0 spiro atoms. The van der Waals surface area contributed by atoms with Gasteiger partial charge in [0.15, 0.2) is 0 Å². The van der Waals surface area contributed by atoms with Crippen molar-refractivity contribution in [3.8, 4) is 17.0 Å². The number of methoxy groups -OCH3 is 1. The fourth-order valence-corrected chi connectivity index (χ4v) is 3.15. The van der Waals surface area contributed by atoms with Crippen molar-refractivity contribution in [1.29, 1.82) is 0 Å². The van der Waals surface area contributed by atoms with Crippen LogP contribution in [0.1, 0.15) is 17.2 Å².